The average Bonchev–Trinajstić information content (AvgIpc) is 3.22. The van der Waals surface area contributed by atoms with Crippen LogP contribution in [0.2, 0.25) is 0 Å². The lowest BCUT2D eigenvalue weighted by molar-refractivity contribution is -0.991. The summed E-state index contributed by atoms with van der Waals surface area (Å²) in [7, 11) is 2.60. The van der Waals surface area contributed by atoms with Crippen molar-refractivity contribution in [3.63, 3.8) is 0 Å². The molecule has 20 nitrogen and oxygen atoms in total. The maximum Gasteiger partial charge on any atom is 0.326 e. The van der Waals surface area contributed by atoms with E-state index >= 15 is 0 Å². The number of fused-ring (bicyclic) bond motifs is 5. The first-order chi connectivity index (χ1) is 29.7. The van der Waals surface area contributed by atoms with E-state index in [-0.39, 0.29) is 34.6 Å². The quantitative estimate of drug-likeness (QED) is 0.0503. The van der Waals surface area contributed by atoms with Crippen LogP contribution in [0.25, 0.3) is 11.1 Å². The van der Waals surface area contributed by atoms with E-state index in [2.05, 4.69) is 35.1 Å². The fraction of sp³-hybridized carbons (Fsp3) is 0.558. The van der Waals surface area contributed by atoms with Gasteiger partial charge in [-0.25, -0.2) is 10.0 Å². The highest BCUT2D eigenvalue weighted by Crippen LogP contribution is 2.41. The number of carboxylic acids is 1. The summed E-state index contributed by atoms with van der Waals surface area (Å²) in [6.45, 7) is 5.58. The van der Waals surface area contributed by atoms with Crippen molar-refractivity contribution in [2.45, 2.75) is 122 Å². The van der Waals surface area contributed by atoms with E-state index < -0.39 is 108 Å². The molecule has 1 heterocycles. The van der Waals surface area contributed by atoms with Gasteiger partial charge >= 0.3 is 5.97 Å². The number of phenols is 2. The fourth-order valence-electron chi connectivity index (χ4n) is 7.16. The van der Waals surface area contributed by atoms with Crippen molar-refractivity contribution in [3.8, 4) is 22.6 Å². The van der Waals surface area contributed by atoms with Crippen LogP contribution in [0.1, 0.15) is 103 Å². The number of benzene rings is 2. The van der Waals surface area contributed by atoms with Crippen LogP contribution in [0.3, 0.4) is 0 Å². The van der Waals surface area contributed by atoms with Crippen LogP contribution in [-0.2, 0) is 40.0 Å². The molecule has 0 aromatic heterocycles. The molecule has 3 rings (SSSR count). The minimum atomic E-state index is -1.62. The maximum atomic E-state index is 13.9. The number of carbonyl (C=O) groups is 7. The molecule has 0 saturated heterocycles. The number of quaternary nitrogens is 1. The zero-order valence-electron chi connectivity index (χ0n) is 36.7. The smallest absolute Gasteiger partial charge is 0.326 e. The van der Waals surface area contributed by atoms with E-state index in [1.54, 1.807) is 0 Å². The molecule has 20 heteroatoms. The Morgan fingerprint density at radius 3 is 2.11 bits per heavy atom. The van der Waals surface area contributed by atoms with Crippen LogP contribution in [0, 0.1) is 11.1 Å². The molecule has 10 N–H and O–H groups in total. The number of aliphatic hydroxyl groups excluding tert-OH is 1. The van der Waals surface area contributed by atoms with Gasteiger partial charge in [-0.05, 0) is 55.5 Å². The van der Waals surface area contributed by atoms with Crippen molar-refractivity contribution < 1.29 is 64.4 Å². The van der Waals surface area contributed by atoms with Gasteiger partial charge in [-0.2, -0.15) is 5.23 Å². The molecule has 348 valence electrons. The van der Waals surface area contributed by atoms with Crippen LogP contribution in [0.15, 0.2) is 30.3 Å². The summed E-state index contributed by atoms with van der Waals surface area (Å²) >= 11 is 0. The number of nitrogens with one attached hydrogen (secondary N) is 5. The third-order valence-corrected chi connectivity index (χ3v) is 11.0. The van der Waals surface area contributed by atoms with Crippen LogP contribution in [0.5, 0.6) is 11.5 Å². The number of unbranched alkanes of at least 4 members (excludes halogenated alkanes) is 6. The first-order valence-corrected chi connectivity index (χ1v) is 21.1. The lowest BCUT2D eigenvalue weighted by Gasteiger charge is -2.30. The van der Waals surface area contributed by atoms with Crippen molar-refractivity contribution >= 4 is 47.1 Å². The summed E-state index contributed by atoms with van der Waals surface area (Å²) in [5.41, 5.74) is -1.01. The third-order valence-electron chi connectivity index (χ3n) is 11.0. The van der Waals surface area contributed by atoms with Crippen LogP contribution in [0.4, 0.5) is 5.69 Å². The Bertz CT molecular complexity index is 1960. The number of rotatable bonds is 20. The normalized spacial score (nSPS) is 17.9. The predicted octanol–water partition coefficient (Wildman–Crippen LogP) is 0.905. The Labute approximate surface area is 366 Å². The number of aliphatic carboxylic acids is 1. The molecule has 1 aliphatic rings. The van der Waals surface area contributed by atoms with Gasteiger partial charge in [0.1, 0.15) is 36.0 Å². The van der Waals surface area contributed by atoms with Crippen LogP contribution in [-0.4, -0.2) is 128 Å². The number of carbonyl (C=O) groups excluding carboxylic acids is 6. The lowest BCUT2D eigenvalue weighted by Crippen LogP contribution is -2.99. The van der Waals surface area contributed by atoms with Crippen molar-refractivity contribution in [3.05, 3.63) is 46.7 Å². The minimum absolute atomic E-state index is 0.0131. The van der Waals surface area contributed by atoms with Gasteiger partial charge in [-0.1, -0.05) is 64.9 Å². The molecule has 0 saturated carbocycles. The monoisotopic (exact) mass is 885 g/mol. The molecule has 2 aromatic carbocycles. The average molecular weight is 886 g/mol. The van der Waals surface area contributed by atoms with Gasteiger partial charge in [0.2, 0.25) is 41.1 Å². The van der Waals surface area contributed by atoms with Crippen molar-refractivity contribution in [2.75, 3.05) is 27.2 Å². The van der Waals surface area contributed by atoms with Crippen LogP contribution >= 0.6 is 0 Å². The molecule has 63 heavy (non-hydrogen) atoms. The minimum Gasteiger partial charge on any atom is -0.595 e. The molecule has 4 bridgehead atoms. The highest BCUT2D eigenvalue weighted by Gasteiger charge is 2.34. The van der Waals surface area contributed by atoms with Crippen molar-refractivity contribution in [1.82, 2.24) is 31.1 Å². The molecule has 6 amide bonds. The highest BCUT2D eigenvalue weighted by atomic mass is 16.8. The number of aliphatic hydroxyl groups is 1. The Hall–Kier alpha value is -5.83. The van der Waals surface area contributed by atoms with E-state index in [4.69, 9.17) is 0 Å². The SMILES string of the molecule is CC(C)CCCCCCCCCC(=O)N(C)[C@H](CO)C(=O)N[C@H](C)C(=O)NCC(=O)N(C)[C@H]1C(=O)N[C@@H](C)C(=O)N[C@H](C(=O)O)Cc2cc(c(O)c([NH+]([O-])O)c2)-c2cc1ccc2O. The number of carboxylic acid groups (broad SMARTS) is 1. The second-order valence-corrected chi connectivity index (χ2v) is 16.4. The largest absolute Gasteiger partial charge is 0.595 e. The zero-order valence-corrected chi connectivity index (χ0v) is 36.7. The van der Waals surface area contributed by atoms with E-state index in [0.717, 1.165) is 47.6 Å². The number of hydrogen-bond donors (Lipinski definition) is 10. The van der Waals surface area contributed by atoms with Gasteiger partial charge in [0.25, 0.3) is 0 Å². The second-order valence-electron chi connectivity index (χ2n) is 16.4. The standard InChI is InChI=1S/C43H63N7O13/c1-24(2)14-12-10-8-7-9-11-13-15-35(53)48(5)33(23-51)41(58)45-25(3)39(56)44-22-36(54)49(6)37-28-16-17-34(52)29(21-28)30-18-27(20-32(38(30)55)50(62)63)19-31(43(60)61)47-40(57)26(4)46-42(37)59/h16-18,20-21,24-26,31,33,37,50-52,55,62H,7-15,19,22-23H2,1-6H3,(H,44,56)(H,45,58)(H,46,59)(H,47,57)(H,60,61)/t25-,26+,31+,33-,37-/m1/s1. The van der Waals surface area contributed by atoms with E-state index in [1.165, 1.54) is 65.4 Å². The second kappa shape index (κ2) is 24.1. The Morgan fingerprint density at radius 1 is 0.873 bits per heavy atom. The summed E-state index contributed by atoms with van der Waals surface area (Å²) in [5.74, 6) is -6.79. The van der Waals surface area contributed by atoms with E-state index in [1.807, 2.05) is 0 Å². The molecular formula is C43H63N7O13. The molecule has 6 atom stereocenters. The van der Waals surface area contributed by atoms with Gasteiger partial charge in [0.15, 0.2) is 5.75 Å². The summed E-state index contributed by atoms with van der Waals surface area (Å²) in [4.78, 5) is 94.0. The summed E-state index contributed by atoms with van der Waals surface area (Å²) in [6, 6.07) is -1.24. The van der Waals surface area contributed by atoms with Gasteiger partial charge in [0, 0.05) is 44.1 Å². The summed E-state index contributed by atoms with van der Waals surface area (Å²) < 4.78 is 0. The number of phenolic OH excluding ortho intramolecular Hbond substituents is 2. The maximum absolute atomic E-state index is 13.9. The molecular weight excluding hydrogens is 823 g/mol. The number of nitrogens with zero attached hydrogens (tertiary/aromatic N) is 2. The van der Waals surface area contributed by atoms with Crippen molar-refractivity contribution in [1.29, 1.82) is 0 Å². The van der Waals surface area contributed by atoms with E-state index in [0.29, 0.717) is 12.3 Å². The Balaban J connectivity index is 1.74. The molecule has 0 radical (unpaired) electrons. The van der Waals surface area contributed by atoms with Gasteiger partial charge in [-0.15, -0.1) is 0 Å². The number of likely N-dealkylation sites (N-methyl/N-ethyl adjacent to an activating group) is 2. The number of aromatic hydroxyl groups is 2. The Morgan fingerprint density at radius 2 is 1.51 bits per heavy atom. The predicted molar refractivity (Wildman–Crippen MR) is 228 cm³/mol. The third kappa shape index (κ3) is 14.6. The molecule has 0 aliphatic carbocycles. The molecule has 2 aromatic rings. The fourth-order valence-corrected chi connectivity index (χ4v) is 7.16. The molecule has 0 fully saturated rings. The topological polar surface area (TPSA) is 303 Å². The van der Waals surface area contributed by atoms with Gasteiger partial charge in [0.05, 0.1) is 13.2 Å². The van der Waals surface area contributed by atoms with E-state index in [9.17, 15) is 64.4 Å². The summed E-state index contributed by atoms with van der Waals surface area (Å²) in [5, 5.41) is 71.8. The number of amides is 6. The first-order valence-electron chi connectivity index (χ1n) is 21.1. The van der Waals surface area contributed by atoms with Gasteiger partial charge in [-0.3, -0.25) is 28.8 Å². The summed E-state index contributed by atoms with van der Waals surface area (Å²) in [6.07, 6.45) is 8.04. The Kier molecular flexibility index (Phi) is 19.7. The lowest BCUT2D eigenvalue weighted by atomic mass is 9.93. The van der Waals surface area contributed by atoms with Crippen LogP contribution < -0.4 is 26.5 Å². The molecule has 0 spiro atoms. The molecule has 1 aliphatic heterocycles. The van der Waals surface area contributed by atoms with Gasteiger partial charge < -0.3 is 56.7 Å². The van der Waals surface area contributed by atoms with Crippen molar-refractivity contribution in [2.24, 2.45) is 5.92 Å². The molecule has 1 unspecified atom stereocenters. The first kappa shape index (κ1) is 51.5. The highest BCUT2D eigenvalue weighted by molar-refractivity contribution is 5.96. The zero-order chi connectivity index (χ0) is 47.1. The number of hydrogen-bond acceptors (Lipinski definition) is 12.